The number of nitrogens with zero attached hydrogens (tertiary/aromatic N) is 1. The summed E-state index contributed by atoms with van der Waals surface area (Å²) in [4.78, 5) is 2.46. The Labute approximate surface area is 412 Å². The summed E-state index contributed by atoms with van der Waals surface area (Å²) in [5.41, 5.74) is 21.4. The van der Waals surface area contributed by atoms with Gasteiger partial charge in [-0.3, -0.25) is 0 Å². The van der Waals surface area contributed by atoms with Crippen LogP contribution in [0.5, 0.6) is 0 Å². The van der Waals surface area contributed by atoms with Crippen molar-refractivity contribution in [2.45, 2.75) is 17.8 Å². The first-order valence-electron chi connectivity index (χ1n) is 24.3. The molecule has 10 aromatic rings. The van der Waals surface area contributed by atoms with Gasteiger partial charge in [0, 0.05) is 17.1 Å². The van der Waals surface area contributed by atoms with E-state index in [1.807, 2.05) is 0 Å². The first-order chi connectivity index (χ1) is 34.6. The van der Waals surface area contributed by atoms with Gasteiger partial charge in [0.15, 0.2) is 0 Å². The SMILES string of the molecule is C=C(/C=C\C=C/C)C1(c2ccccc2)c2ccccc2-c2ccc(N(c3ccc(-c4cccc(-c5ccccc5)c4)cc3)c3ccc4c(c3)C(c3ccccc3)(c3ccccc3)c3ccccc3-4)cc21. The molecule has 0 spiro atoms. The van der Waals surface area contributed by atoms with Crippen LogP contribution in [0.25, 0.3) is 44.5 Å². The van der Waals surface area contributed by atoms with Crippen molar-refractivity contribution in [2.24, 2.45) is 0 Å². The first-order valence-corrected chi connectivity index (χ1v) is 24.3. The van der Waals surface area contributed by atoms with Crippen molar-refractivity contribution >= 4 is 17.1 Å². The normalized spacial score (nSPS) is 15.0. The van der Waals surface area contributed by atoms with Gasteiger partial charge in [0.2, 0.25) is 0 Å². The van der Waals surface area contributed by atoms with Gasteiger partial charge < -0.3 is 4.90 Å². The Morgan fingerprint density at radius 3 is 1.40 bits per heavy atom. The van der Waals surface area contributed by atoms with Crippen LogP contribution < -0.4 is 4.90 Å². The molecule has 0 aromatic heterocycles. The maximum atomic E-state index is 4.91. The lowest BCUT2D eigenvalue weighted by Crippen LogP contribution is -2.29. The predicted octanol–water partition coefficient (Wildman–Crippen LogP) is 17.9. The molecule has 0 saturated heterocycles. The number of fused-ring (bicyclic) bond motifs is 6. The quantitative estimate of drug-likeness (QED) is 0.117. The van der Waals surface area contributed by atoms with E-state index in [1.54, 1.807) is 0 Å². The summed E-state index contributed by atoms with van der Waals surface area (Å²) in [5.74, 6) is 0. The fraction of sp³-hybridized carbons (Fsp3) is 0.0435. The molecule has 332 valence electrons. The van der Waals surface area contributed by atoms with E-state index < -0.39 is 10.8 Å². The summed E-state index contributed by atoms with van der Waals surface area (Å²) in [6, 6.07) is 93.9. The molecule has 1 heteroatoms. The third-order valence-electron chi connectivity index (χ3n) is 14.7. The molecule has 0 saturated carbocycles. The second kappa shape index (κ2) is 17.7. The molecule has 2 aliphatic rings. The number of anilines is 3. The molecule has 1 atom stereocenters. The van der Waals surface area contributed by atoms with Crippen molar-refractivity contribution in [3.63, 3.8) is 0 Å². The van der Waals surface area contributed by atoms with Crippen molar-refractivity contribution in [3.8, 4) is 44.5 Å². The van der Waals surface area contributed by atoms with Crippen molar-refractivity contribution in [1.29, 1.82) is 0 Å². The van der Waals surface area contributed by atoms with Crippen molar-refractivity contribution < 1.29 is 0 Å². The maximum Gasteiger partial charge on any atom is 0.0714 e. The zero-order valence-corrected chi connectivity index (χ0v) is 39.2. The van der Waals surface area contributed by atoms with E-state index in [1.165, 1.54) is 77.9 Å². The van der Waals surface area contributed by atoms with Crippen molar-refractivity contribution in [3.05, 3.63) is 330 Å². The van der Waals surface area contributed by atoms with Crippen LogP contribution in [0.3, 0.4) is 0 Å². The summed E-state index contributed by atoms with van der Waals surface area (Å²) >= 11 is 0. The van der Waals surface area contributed by atoms with E-state index in [9.17, 15) is 0 Å². The molecule has 0 radical (unpaired) electrons. The topological polar surface area (TPSA) is 3.24 Å². The standard InChI is InChI=1S/C69H51N/c1-3-4-9-23-49(2)68(54-28-12-6-13-29-54)64-36-20-18-34-60(64)62-44-42-58(47-66(62)68)70(57-40-38-51(39-41-57)53-27-22-26-52(46-53)50-24-10-5-11-25-50)59-43-45-63-61-35-19-21-37-65(61)69(67(63)48-59,55-30-14-7-15-31-55)56-32-16-8-17-33-56/h3-48H,2H2,1H3/b4-3-,23-9-. The highest BCUT2D eigenvalue weighted by molar-refractivity contribution is 5.92. The van der Waals surface area contributed by atoms with Crippen molar-refractivity contribution in [1.82, 2.24) is 0 Å². The zero-order chi connectivity index (χ0) is 47.1. The molecular weight excluding hydrogens is 843 g/mol. The van der Waals surface area contributed by atoms with Gasteiger partial charge in [-0.25, -0.2) is 0 Å². The minimum Gasteiger partial charge on any atom is -0.310 e. The lowest BCUT2D eigenvalue weighted by molar-refractivity contribution is 0.768. The molecule has 2 aliphatic carbocycles. The van der Waals surface area contributed by atoms with Crippen molar-refractivity contribution in [2.75, 3.05) is 4.90 Å². The third kappa shape index (κ3) is 6.77. The second-order valence-electron chi connectivity index (χ2n) is 18.4. The number of rotatable bonds is 11. The zero-order valence-electron chi connectivity index (χ0n) is 39.2. The van der Waals surface area contributed by atoms with E-state index in [0.29, 0.717) is 0 Å². The van der Waals surface area contributed by atoms with Crippen LogP contribution in [0, 0.1) is 0 Å². The van der Waals surface area contributed by atoms with Crippen LogP contribution in [-0.4, -0.2) is 0 Å². The molecule has 12 rings (SSSR count). The Morgan fingerprint density at radius 1 is 0.357 bits per heavy atom. The summed E-state index contributed by atoms with van der Waals surface area (Å²) in [6.07, 6.45) is 8.47. The monoisotopic (exact) mass is 893 g/mol. The van der Waals surface area contributed by atoms with Gasteiger partial charge in [0.25, 0.3) is 0 Å². The Kier molecular flexibility index (Phi) is 10.8. The van der Waals surface area contributed by atoms with Gasteiger partial charge in [0.1, 0.15) is 0 Å². The van der Waals surface area contributed by atoms with Gasteiger partial charge >= 0.3 is 0 Å². The number of hydrogen-bond donors (Lipinski definition) is 0. The van der Waals surface area contributed by atoms with E-state index in [-0.39, 0.29) is 0 Å². The van der Waals surface area contributed by atoms with E-state index in [0.717, 1.165) is 28.2 Å². The van der Waals surface area contributed by atoms with Crippen LogP contribution >= 0.6 is 0 Å². The molecular formula is C69H51N. The van der Waals surface area contributed by atoms with Gasteiger partial charge in [-0.15, -0.1) is 0 Å². The van der Waals surface area contributed by atoms with Crippen LogP contribution in [0.15, 0.2) is 291 Å². The van der Waals surface area contributed by atoms with Crippen LogP contribution in [-0.2, 0) is 10.8 Å². The third-order valence-corrected chi connectivity index (χ3v) is 14.7. The summed E-state index contributed by atoms with van der Waals surface area (Å²) in [7, 11) is 0. The molecule has 0 amide bonds. The molecule has 0 bridgehead atoms. The van der Waals surface area contributed by atoms with Gasteiger partial charge in [-0.1, -0.05) is 243 Å². The second-order valence-corrected chi connectivity index (χ2v) is 18.4. The van der Waals surface area contributed by atoms with Gasteiger partial charge in [-0.05, 0) is 138 Å². The lowest BCUT2D eigenvalue weighted by Gasteiger charge is -2.36. The molecule has 1 unspecified atom stereocenters. The number of benzene rings is 10. The highest BCUT2D eigenvalue weighted by atomic mass is 15.1. The molecule has 0 N–H and O–H groups in total. The maximum absolute atomic E-state index is 4.91. The van der Waals surface area contributed by atoms with Gasteiger partial charge in [0.05, 0.1) is 10.8 Å². The largest absolute Gasteiger partial charge is 0.310 e. The predicted molar refractivity (Wildman–Crippen MR) is 294 cm³/mol. The Hall–Kier alpha value is -8.78. The number of hydrogen-bond acceptors (Lipinski definition) is 1. The Morgan fingerprint density at radius 2 is 0.800 bits per heavy atom. The van der Waals surface area contributed by atoms with E-state index in [4.69, 9.17) is 6.58 Å². The van der Waals surface area contributed by atoms with E-state index in [2.05, 4.69) is 291 Å². The lowest BCUT2D eigenvalue weighted by atomic mass is 9.67. The minimum absolute atomic E-state index is 0.553. The highest BCUT2D eigenvalue weighted by Gasteiger charge is 2.48. The van der Waals surface area contributed by atoms with Crippen LogP contribution in [0.2, 0.25) is 0 Å². The summed E-state index contributed by atoms with van der Waals surface area (Å²) in [5, 5.41) is 0. The molecule has 1 nitrogen and oxygen atoms in total. The van der Waals surface area contributed by atoms with Crippen LogP contribution in [0.1, 0.15) is 45.9 Å². The molecule has 70 heavy (non-hydrogen) atoms. The molecule has 10 aromatic carbocycles. The highest BCUT2D eigenvalue weighted by Crippen LogP contribution is 2.59. The summed E-state index contributed by atoms with van der Waals surface area (Å²) < 4.78 is 0. The van der Waals surface area contributed by atoms with Crippen LogP contribution in [0.4, 0.5) is 17.1 Å². The molecule has 0 aliphatic heterocycles. The minimum atomic E-state index is -0.643. The van der Waals surface area contributed by atoms with Gasteiger partial charge in [-0.2, -0.15) is 0 Å². The molecule has 0 heterocycles. The fourth-order valence-electron chi connectivity index (χ4n) is 11.7. The first kappa shape index (κ1) is 42.6. The molecule has 0 fully saturated rings. The smallest absolute Gasteiger partial charge is 0.0714 e. The average Bonchev–Trinajstić information content (AvgIpc) is 3.90. The Bertz CT molecular complexity index is 3560. The van der Waals surface area contributed by atoms with E-state index >= 15 is 0 Å². The Balaban J connectivity index is 1.10. The summed E-state index contributed by atoms with van der Waals surface area (Å²) in [6.45, 7) is 6.96. The number of allylic oxidation sites excluding steroid dienone is 5. The average molecular weight is 894 g/mol. The fourth-order valence-corrected chi connectivity index (χ4v) is 11.7.